The predicted octanol–water partition coefficient (Wildman–Crippen LogP) is 8.37. The van der Waals surface area contributed by atoms with Gasteiger partial charge in [-0.3, -0.25) is 0 Å². The predicted molar refractivity (Wildman–Crippen MR) is 170 cm³/mol. The third-order valence-corrected chi connectivity index (χ3v) is 8.46. The summed E-state index contributed by atoms with van der Waals surface area (Å²) in [5, 5.41) is 6.56. The van der Waals surface area contributed by atoms with Crippen LogP contribution in [0, 0.1) is 13.8 Å². The molecule has 0 amide bonds. The van der Waals surface area contributed by atoms with E-state index in [1.165, 1.54) is 76.9 Å². The molecular weight excluding hydrogens is 484 g/mol. The highest BCUT2D eigenvalue weighted by Crippen LogP contribution is 2.38. The number of benzene rings is 5. The van der Waals surface area contributed by atoms with Gasteiger partial charge in [0.25, 0.3) is 0 Å². The molecule has 5 aromatic carbocycles. The third kappa shape index (κ3) is 3.36. The van der Waals surface area contributed by atoms with E-state index in [2.05, 4.69) is 144 Å². The lowest BCUT2D eigenvalue weighted by molar-refractivity contribution is 1.02. The smallest absolute Gasteiger partial charge is 0.0543 e. The van der Waals surface area contributed by atoms with Gasteiger partial charge < -0.3 is 9.13 Å². The molecule has 1 aliphatic rings. The van der Waals surface area contributed by atoms with Crippen LogP contribution in [-0.4, -0.2) is 9.13 Å². The molecule has 192 valence electrons. The highest BCUT2D eigenvalue weighted by molar-refractivity contribution is 6.09. The molecule has 0 saturated carbocycles. The summed E-state index contributed by atoms with van der Waals surface area (Å²) in [5.74, 6) is 0. The second kappa shape index (κ2) is 8.86. The van der Waals surface area contributed by atoms with Gasteiger partial charge in [-0.05, 0) is 68.1 Å². The SMILES string of the molecule is Cc1ccc(-c2ccc(C)cc2-n2c3ccccc3c3ccccc32)c(-n2c3c(c4ccccc42)=CCCC=3)c1. The fourth-order valence-electron chi connectivity index (χ4n) is 6.70. The van der Waals surface area contributed by atoms with Crippen LogP contribution in [0.5, 0.6) is 0 Å². The number of rotatable bonds is 3. The van der Waals surface area contributed by atoms with Gasteiger partial charge in [-0.2, -0.15) is 0 Å². The Balaban J connectivity index is 1.50. The first-order valence-electron chi connectivity index (χ1n) is 14.2. The van der Waals surface area contributed by atoms with E-state index >= 15 is 0 Å². The van der Waals surface area contributed by atoms with Crippen molar-refractivity contribution < 1.29 is 0 Å². The molecular formula is C38H30N2. The number of hydrogen-bond acceptors (Lipinski definition) is 0. The van der Waals surface area contributed by atoms with E-state index in [0.29, 0.717) is 0 Å². The molecule has 0 N–H and O–H groups in total. The van der Waals surface area contributed by atoms with Gasteiger partial charge in [0.1, 0.15) is 0 Å². The molecule has 2 heterocycles. The van der Waals surface area contributed by atoms with Crippen molar-refractivity contribution in [3.8, 4) is 22.5 Å². The van der Waals surface area contributed by atoms with Gasteiger partial charge in [0.15, 0.2) is 0 Å². The summed E-state index contributed by atoms with van der Waals surface area (Å²) in [4.78, 5) is 0. The van der Waals surface area contributed by atoms with Crippen LogP contribution in [0.1, 0.15) is 24.0 Å². The van der Waals surface area contributed by atoms with E-state index in [-0.39, 0.29) is 0 Å². The summed E-state index contributed by atoms with van der Waals surface area (Å²) in [6, 6.07) is 40.3. The summed E-state index contributed by atoms with van der Waals surface area (Å²) in [6.07, 6.45) is 7.00. The van der Waals surface area contributed by atoms with Crippen LogP contribution in [0.2, 0.25) is 0 Å². The zero-order valence-electron chi connectivity index (χ0n) is 22.9. The summed E-state index contributed by atoms with van der Waals surface area (Å²) in [6.45, 7) is 4.39. The maximum Gasteiger partial charge on any atom is 0.0543 e. The first-order chi connectivity index (χ1) is 19.7. The number of para-hydroxylation sites is 3. The maximum atomic E-state index is 2.50. The Kier molecular flexibility index (Phi) is 5.12. The average molecular weight is 515 g/mol. The van der Waals surface area contributed by atoms with Gasteiger partial charge in [0.2, 0.25) is 0 Å². The third-order valence-electron chi connectivity index (χ3n) is 8.46. The van der Waals surface area contributed by atoms with Crippen molar-refractivity contribution >= 4 is 44.9 Å². The van der Waals surface area contributed by atoms with Crippen LogP contribution in [-0.2, 0) is 0 Å². The van der Waals surface area contributed by atoms with Crippen molar-refractivity contribution in [2.75, 3.05) is 0 Å². The molecule has 0 spiro atoms. The maximum absolute atomic E-state index is 2.50. The molecule has 1 aliphatic carbocycles. The number of aromatic nitrogens is 2. The van der Waals surface area contributed by atoms with E-state index in [1.54, 1.807) is 0 Å². The summed E-state index contributed by atoms with van der Waals surface area (Å²) >= 11 is 0. The van der Waals surface area contributed by atoms with Crippen LogP contribution in [0.25, 0.3) is 67.4 Å². The Labute approximate surface area is 233 Å². The van der Waals surface area contributed by atoms with Gasteiger partial charge in [0, 0.05) is 37.9 Å². The van der Waals surface area contributed by atoms with Gasteiger partial charge in [-0.1, -0.05) is 91.0 Å². The summed E-state index contributed by atoms with van der Waals surface area (Å²) in [7, 11) is 0. The minimum absolute atomic E-state index is 1.07. The lowest BCUT2D eigenvalue weighted by atomic mass is 9.98. The molecule has 2 heteroatoms. The van der Waals surface area contributed by atoms with E-state index in [1.807, 2.05) is 0 Å². The molecule has 0 radical (unpaired) electrons. The molecule has 40 heavy (non-hydrogen) atoms. The van der Waals surface area contributed by atoms with Crippen LogP contribution >= 0.6 is 0 Å². The molecule has 2 aromatic heterocycles. The quantitative estimate of drug-likeness (QED) is 0.224. The minimum atomic E-state index is 1.07. The van der Waals surface area contributed by atoms with Crippen LogP contribution < -0.4 is 10.6 Å². The molecule has 0 saturated heterocycles. The molecule has 0 bridgehead atoms. The van der Waals surface area contributed by atoms with Crippen molar-refractivity contribution in [1.82, 2.24) is 9.13 Å². The Morgan fingerprint density at radius 3 is 1.55 bits per heavy atom. The van der Waals surface area contributed by atoms with Crippen molar-refractivity contribution in [1.29, 1.82) is 0 Å². The average Bonchev–Trinajstić information content (AvgIpc) is 3.50. The Bertz CT molecular complexity index is 2190. The molecule has 0 fully saturated rings. The number of aryl methyl sites for hydroxylation is 2. The number of hydrogen-bond donors (Lipinski definition) is 0. The molecule has 2 nitrogen and oxygen atoms in total. The van der Waals surface area contributed by atoms with Gasteiger partial charge in [-0.25, -0.2) is 0 Å². The Morgan fingerprint density at radius 1 is 0.475 bits per heavy atom. The minimum Gasteiger partial charge on any atom is -0.309 e. The van der Waals surface area contributed by atoms with Gasteiger partial charge in [-0.15, -0.1) is 0 Å². The topological polar surface area (TPSA) is 9.86 Å². The standard InChI is InChI=1S/C38H30N2/c1-25-19-21-31(37(23-25)39-33-15-7-3-11-27(33)28-12-4-8-16-34(28)39)32-22-20-26(2)24-38(32)40-35-17-9-5-13-29(35)30-14-6-10-18-36(30)40/h3-5,7-9,11-24H,6,10H2,1-2H3. The summed E-state index contributed by atoms with van der Waals surface area (Å²) in [5.41, 5.74) is 11.2. The Hall–Kier alpha value is -4.82. The highest BCUT2D eigenvalue weighted by atomic mass is 15.0. The number of fused-ring (bicyclic) bond motifs is 6. The fraction of sp³-hybridized carbons (Fsp3) is 0.105. The lowest BCUT2D eigenvalue weighted by Gasteiger charge is -2.19. The van der Waals surface area contributed by atoms with E-state index in [0.717, 1.165) is 12.8 Å². The zero-order chi connectivity index (χ0) is 26.8. The summed E-state index contributed by atoms with van der Waals surface area (Å²) < 4.78 is 4.96. The first kappa shape index (κ1) is 23.1. The monoisotopic (exact) mass is 514 g/mol. The van der Waals surface area contributed by atoms with E-state index in [9.17, 15) is 0 Å². The molecule has 0 unspecified atom stereocenters. The van der Waals surface area contributed by atoms with Crippen molar-refractivity contribution in [3.05, 3.63) is 131 Å². The second-order valence-corrected chi connectivity index (χ2v) is 11.0. The van der Waals surface area contributed by atoms with Crippen molar-refractivity contribution in [2.45, 2.75) is 26.7 Å². The fourth-order valence-corrected chi connectivity index (χ4v) is 6.70. The van der Waals surface area contributed by atoms with Gasteiger partial charge >= 0.3 is 0 Å². The highest BCUT2D eigenvalue weighted by Gasteiger charge is 2.20. The molecule has 0 atom stereocenters. The van der Waals surface area contributed by atoms with Crippen molar-refractivity contribution in [2.24, 2.45) is 0 Å². The molecule has 8 rings (SSSR count). The van der Waals surface area contributed by atoms with Crippen LogP contribution in [0.3, 0.4) is 0 Å². The second-order valence-electron chi connectivity index (χ2n) is 11.0. The van der Waals surface area contributed by atoms with E-state index in [4.69, 9.17) is 0 Å². The number of nitrogens with zero attached hydrogens (tertiary/aromatic N) is 2. The normalized spacial score (nSPS) is 12.9. The Morgan fingerprint density at radius 2 is 0.950 bits per heavy atom. The van der Waals surface area contributed by atoms with E-state index < -0.39 is 0 Å². The van der Waals surface area contributed by atoms with Crippen LogP contribution in [0.4, 0.5) is 0 Å². The molecule has 7 aromatic rings. The lowest BCUT2D eigenvalue weighted by Crippen LogP contribution is -2.30. The van der Waals surface area contributed by atoms with Crippen molar-refractivity contribution in [3.63, 3.8) is 0 Å². The zero-order valence-corrected chi connectivity index (χ0v) is 22.9. The van der Waals surface area contributed by atoms with Gasteiger partial charge in [0.05, 0.1) is 27.9 Å². The largest absolute Gasteiger partial charge is 0.309 e. The van der Waals surface area contributed by atoms with Crippen LogP contribution in [0.15, 0.2) is 109 Å². The first-order valence-corrected chi connectivity index (χ1v) is 14.2. The molecule has 0 aliphatic heterocycles.